The SMILES string of the molecule is CCN(CCC(=O)O)C(=O)c1nn(-c2ccccc2)cc1OCC(C)C. The normalized spacial score (nSPS) is 10.8. The second kappa shape index (κ2) is 9.03. The number of rotatable bonds is 9. The molecule has 0 saturated carbocycles. The van der Waals surface area contributed by atoms with Crippen LogP contribution in [0.3, 0.4) is 0 Å². The summed E-state index contributed by atoms with van der Waals surface area (Å²) < 4.78 is 7.40. The van der Waals surface area contributed by atoms with Crippen LogP contribution < -0.4 is 4.74 Å². The number of carbonyl (C=O) groups is 2. The number of carbonyl (C=O) groups excluding carboxylic acids is 1. The average molecular weight is 359 g/mol. The molecule has 0 spiro atoms. The molecular weight excluding hydrogens is 334 g/mol. The molecule has 0 radical (unpaired) electrons. The molecule has 140 valence electrons. The molecule has 0 fully saturated rings. The summed E-state index contributed by atoms with van der Waals surface area (Å²) in [6.45, 7) is 6.84. The van der Waals surface area contributed by atoms with Crippen molar-refractivity contribution in [1.29, 1.82) is 0 Å². The van der Waals surface area contributed by atoms with Crippen LogP contribution in [-0.2, 0) is 4.79 Å². The minimum atomic E-state index is -0.942. The summed E-state index contributed by atoms with van der Waals surface area (Å²) in [5.74, 6) is -0.571. The fourth-order valence-corrected chi connectivity index (χ4v) is 2.36. The Labute approximate surface area is 153 Å². The van der Waals surface area contributed by atoms with E-state index in [1.54, 1.807) is 10.9 Å². The van der Waals surface area contributed by atoms with Gasteiger partial charge in [-0.05, 0) is 25.0 Å². The molecule has 0 unspecified atom stereocenters. The zero-order valence-electron chi connectivity index (χ0n) is 15.4. The highest BCUT2D eigenvalue weighted by molar-refractivity contribution is 5.95. The van der Waals surface area contributed by atoms with E-state index in [1.807, 2.05) is 51.1 Å². The molecule has 0 atom stereocenters. The lowest BCUT2D eigenvalue weighted by Crippen LogP contribution is -2.33. The van der Waals surface area contributed by atoms with Gasteiger partial charge in [0.05, 0.1) is 24.9 Å². The topological polar surface area (TPSA) is 84.7 Å². The van der Waals surface area contributed by atoms with E-state index < -0.39 is 5.97 Å². The minimum Gasteiger partial charge on any atom is -0.489 e. The molecular formula is C19H25N3O4. The van der Waals surface area contributed by atoms with Crippen molar-refractivity contribution < 1.29 is 19.4 Å². The summed E-state index contributed by atoms with van der Waals surface area (Å²) in [6.07, 6.45) is 1.58. The van der Waals surface area contributed by atoms with E-state index in [2.05, 4.69) is 5.10 Å². The van der Waals surface area contributed by atoms with E-state index in [4.69, 9.17) is 9.84 Å². The van der Waals surface area contributed by atoms with Crippen LogP contribution in [0.25, 0.3) is 5.69 Å². The van der Waals surface area contributed by atoms with Crippen molar-refractivity contribution in [3.63, 3.8) is 0 Å². The van der Waals surface area contributed by atoms with Crippen molar-refractivity contribution in [2.24, 2.45) is 5.92 Å². The summed E-state index contributed by atoms with van der Waals surface area (Å²) in [5, 5.41) is 13.3. The fourth-order valence-electron chi connectivity index (χ4n) is 2.36. The van der Waals surface area contributed by atoms with E-state index in [0.29, 0.717) is 24.8 Å². The summed E-state index contributed by atoms with van der Waals surface area (Å²) in [6, 6.07) is 9.45. The summed E-state index contributed by atoms with van der Waals surface area (Å²) in [4.78, 5) is 25.2. The number of amides is 1. The van der Waals surface area contributed by atoms with Crippen LogP contribution in [0.4, 0.5) is 0 Å². The van der Waals surface area contributed by atoms with Crippen LogP contribution in [0, 0.1) is 5.92 Å². The second-order valence-electron chi connectivity index (χ2n) is 6.36. The lowest BCUT2D eigenvalue weighted by Gasteiger charge is -2.19. The van der Waals surface area contributed by atoms with Gasteiger partial charge in [-0.2, -0.15) is 5.10 Å². The highest BCUT2D eigenvalue weighted by Gasteiger charge is 2.24. The number of aromatic nitrogens is 2. The van der Waals surface area contributed by atoms with Crippen molar-refractivity contribution in [2.75, 3.05) is 19.7 Å². The van der Waals surface area contributed by atoms with E-state index in [0.717, 1.165) is 5.69 Å². The predicted octanol–water partition coefficient (Wildman–Crippen LogP) is 2.84. The molecule has 0 aliphatic carbocycles. The molecule has 2 aromatic rings. The first-order valence-electron chi connectivity index (χ1n) is 8.71. The highest BCUT2D eigenvalue weighted by atomic mass is 16.5. The van der Waals surface area contributed by atoms with Crippen LogP contribution in [0.15, 0.2) is 36.5 Å². The quantitative estimate of drug-likeness (QED) is 0.744. The molecule has 1 amide bonds. The Morgan fingerprint density at radius 3 is 2.54 bits per heavy atom. The number of nitrogens with zero attached hydrogens (tertiary/aromatic N) is 3. The number of ether oxygens (including phenoxy) is 1. The summed E-state index contributed by atoms with van der Waals surface area (Å²) >= 11 is 0. The van der Waals surface area contributed by atoms with Crippen LogP contribution in [0.1, 0.15) is 37.7 Å². The maximum Gasteiger partial charge on any atom is 0.305 e. The Balaban J connectivity index is 2.32. The molecule has 0 aliphatic heterocycles. The molecule has 1 N–H and O–H groups in total. The van der Waals surface area contributed by atoms with Gasteiger partial charge < -0.3 is 14.7 Å². The average Bonchev–Trinajstić information content (AvgIpc) is 3.05. The Hall–Kier alpha value is -2.83. The number of carboxylic acid groups (broad SMARTS) is 1. The second-order valence-corrected chi connectivity index (χ2v) is 6.36. The zero-order chi connectivity index (χ0) is 19.1. The number of para-hydroxylation sites is 1. The van der Waals surface area contributed by atoms with Crippen LogP contribution in [0.5, 0.6) is 5.75 Å². The number of aliphatic carboxylic acids is 1. The van der Waals surface area contributed by atoms with Gasteiger partial charge in [0.1, 0.15) is 0 Å². The van der Waals surface area contributed by atoms with Gasteiger partial charge >= 0.3 is 5.97 Å². The smallest absolute Gasteiger partial charge is 0.305 e. The Morgan fingerprint density at radius 1 is 1.27 bits per heavy atom. The monoisotopic (exact) mass is 359 g/mol. The van der Waals surface area contributed by atoms with Gasteiger partial charge in [0, 0.05) is 13.1 Å². The van der Waals surface area contributed by atoms with Gasteiger partial charge in [-0.3, -0.25) is 9.59 Å². The summed E-state index contributed by atoms with van der Waals surface area (Å²) in [5.41, 5.74) is 1.01. The highest BCUT2D eigenvalue weighted by Crippen LogP contribution is 2.22. The Morgan fingerprint density at radius 2 is 1.96 bits per heavy atom. The van der Waals surface area contributed by atoms with Gasteiger partial charge in [0.25, 0.3) is 5.91 Å². The largest absolute Gasteiger partial charge is 0.489 e. The van der Waals surface area contributed by atoms with Crippen molar-refractivity contribution in [3.8, 4) is 11.4 Å². The Bertz CT molecular complexity index is 740. The lowest BCUT2D eigenvalue weighted by molar-refractivity contribution is -0.137. The van der Waals surface area contributed by atoms with Crippen molar-refractivity contribution >= 4 is 11.9 Å². The van der Waals surface area contributed by atoms with Crippen LogP contribution >= 0.6 is 0 Å². The van der Waals surface area contributed by atoms with Crippen LogP contribution in [-0.4, -0.2) is 51.4 Å². The molecule has 1 aromatic heterocycles. The number of benzene rings is 1. The number of carboxylic acids is 1. The van der Waals surface area contributed by atoms with Crippen LogP contribution in [0.2, 0.25) is 0 Å². The zero-order valence-corrected chi connectivity index (χ0v) is 15.4. The van der Waals surface area contributed by atoms with Crippen molar-refractivity contribution in [2.45, 2.75) is 27.2 Å². The van der Waals surface area contributed by atoms with Gasteiger partial charge in [-0.1, -0.05) is 32.0 Å². The molecule has 1 heterocycles. The molecule has 0 aliphatic rings. The standard InChI is InChI=1S/C19H25N3O4/c1-4-21(11-10-17(23)24)19(25)18-16(26-13-14(2)3)12-22(20-18)15-8-6-5-7-9-15/h5-9,12,14H,4,10-11,13H2,1-3H3,(H,23,24). The third kappa shape index (κ3) is 5.08. The van der Waals surface area contributed by atoms with E-state index in [1.165, 1.54) is 4.90 Å². The van der Waals surface area contributed by atoms with E-state index in [9.17, 15) is 9.59 Å². The Kier molecular flexibility index (Phi) is 6.77. The van der Waals surface area contributed by atoms with Gasteiger partial charge in [0.2, 0.25) is 0 Å². The van der Waals surface area contributed by atoms with Gasteiger partial charge in [0.15, 0.2) is 11.4 Å². The first-order valence-corrected chi connectivity index (χ1v) is 8.71. The third-order valence-corrected chi connectivity index (χ3v) is 3.74. The number of hydrogen-bond donors (Lipinski definition) is 1. The summed E-state index contributed by atoms with van der Waals surface area (Å²) in [7, 11) is 0. The maximum atomic E-state index is 12.9. The van der Waals surface area contributed by atoms with E-state index >= 15 is 0 Å². The first kappa shape index (κ1) is 19.5. The van der Waals surface area contributed by atoms with E-state index in [-0.39, 0.29) is 24.6 Å². The maximum absolute atomic E-state index is 12.9. The minimum absolute atomic E-state index is 0.110. The van der Waals surface area contributed by atoms with Crippen molar-refractivity contribution in [3.05, 3.63) is 42.2 Å². The van der Waals surface area contributed by atoms with Crippen molar-refractivity contribution in [1.82, 2.24) is 14.7 Å². The molecule has 2 rings (SSSR count). The van der Waals surface area contributed by atoms with Gasteiger partial charge in [-0.15, -0.1) is 0 Å². The first-order chi connectivity index (χ1) is 12.4. The fraction of sp³-hybridized carbons (Fsp3) is 0.421. The van der Waals surface area contributed by atoms with Gasteiger partial charge in [-0.25, -0.2) is 4.68 Å². The molecule has 1 aromatic carbocycles. The number of hydrogen-bond acceptors (Lipinski definition) is 4. The molecule has 7 nitrogen and oxygen atoms in total. The predicted molar refractivity (Wildman–Crippen MR) is 97.7 cm³/mol. The molecule has 26 heavy (non-hydrogen) atoms. The third-order valence-electron chi connectivity index (χ3n) is 3.74. The molecule has 0 bridgehead atoms. The molecule has 0 saturated heterocycles. The molecule has 7 heteroatoms. The lowest BCUT2D eigenvalue weighted by atomic mass is 10.2.